The summed E-state index contributed by atoms with van der Waals surface area (Å²) in [5.41, 5.74) is 6.54. The minimum atomic E-state index is -0.281. The molecule has 19 heavy (non-hydrogen) atoms. The maximum Gasteiger partial charge on any atom is 0.221 e. The first kappa shape index (κ1) is 14.0. The van der Waals surface area contributed by atoms with E-state index < -0.39 is 0 Å². The van der Waals surface area contributed by atoms with Crippen molar-refractivity contribution in [2.75, 3.05) is 6.54 Å². The van der Waals surface area contributed by atoms with Crippen molar-refractivity contribution in [1.29, 1.82) is 0 Å². The van der Waals surface area contributed by atoms with Gasteiger partial charge in [0, 0.05) is 6.42 Å². The lowest BCUT2D eigenvalue weighted by molar-refractivity contribution is -0.125. The Hall–Kier alpha value is -1.42. The number of benzene rings is 1. The maximum absolute atomic E-state index is 13.1. The molecule has 0 radical (unpaired) electrons. The van der Waals surface area contributed by atoms with Crippen molar-refractivity contribution in [1.82, 2.24) is 5.32 Å². The molecule has 1 aromatic rings. The highest BCUT2D eigenvalue weighted by molar-refractivity contribution is 5.77. The Balaban J connectivity index is 1.91. The summed E-state index contributed by atoms with van der Waals surface area (Å²) >= 11 is 0. The summed E-state index contributed by atoms with van der Waals surface area (Å²) in [5, 5.41) is 2.92. The van der Waals surface area contributed by atoms with Crippen molar-refractivity contribution in [3.8, 4) is 0 Å². The highest BCUT2D eigenvalue weighted by atomic mass is 19.1. The van der Waals surface area contributed by atoms with Gasteiger partial charge in [-0.3, -0.25) is 4.79 Å². The lowest BCUT2D eigenvalue weighted by Crippen LogP contribution is -2.42. The van der Waals surface area contributed by atoms with Crippen molar-refractivity contribution in [2.24, 2.45) is 11.1 Å². The first-order valence-corrected chi connectivity index (χ1v) is 6.80. The van der Waals surface area contributed by atoms with Gasteiger partial charge in [0.2, 0.25) is 5.91 Å². The molecule has 0 heterocycles. The quantitative estimate of drug-likeness (QED) is 0.858. The molecular formula is C15H21FN2O. The molecule has 1 saturated carbocycles. The average Bonchev–Trinajstić information content (AvgIpc) is 2.34. The number of nitrogens with two attached hydrogens (primary N) is 1. The molecule has 3 nitrogen and oxygen atoms in total. The molecule has 0 unspecified atom stereocenters. The zero-order valence-corrected chi connectivity index (χ0v) is 11.3. The van der Waals surface area contributed by atoms with E-state index in [1.165, 1.54) is 12.1 Å². The maximum atomic E-state index is 13.1. The van der Waals surface area contributed by atoms with E-state index in [-0.39, 0.29) is 23.2 Å². The van der Waals surface area contributed by atoms with Gasteiger partial charge in [-0.25, -0.2) is 4.39 Å². The number of nitrogens with one attached hydrogen (secondary N) is 1. The lowest BCUT2D eigenvalue weighted by atomic mass is 9.66. The fourth-order valence-corrected chi connectivity index (χ4v) is 2.62. The average molecular weight is 264 g/mol. The molecule has 0 aromatic heterocycles. The second-order valence-corrected chi connectivity index (χ2v) is 5.58. The van der Waals surface area contributed by atoms with Crippen LogP contribution < -0.4 is 11.1 Å². The third-order valence-corrected chi connectivity index (χ3v) is 4.11. The van der Waals surface area contributed by atoms with E-state index in [1.807, 2.05) is 13.0 Å². The highest BCUT2D eigenvalue weighted by Crippen LogP contribution is 2.42. The molecule has 0 spiro atoms. The van der Waals surface area contributed by atoms with Gasteiger partial charge >= 0.3 is 0 Å². The second-order valence-electron chi connectivity index (χ2n) is 5.58. The third-order valence-electron chi connectivity index (χ3n) is 4.11. The molecule has 0 saturated heterocycles. The summed E-state index contributed by atoms with van der Waals surface area (Å²) in [6, 6.07) is 6.14. The van der Waals surface area contributed by atoms with Crippen LogP contribution in [0.5, 0.6) is 0 Å². The Labute approximate surface area is 113 Å². The van der Waals surface area contributed by atoms with Crippen molar-refractivity contribution < 1.29 is 9.18 Å². The number of carbonyl (C=O) groups excluding carboxylic acids is 1. The van der Waals surface area contributed by atoms with Crippen molar-refractivity contribution in [3.05, 3.63) is 35.6 Å². The first-order chi connectivity index (χ1) is 9.04. The van der Waals surface area contributed by atoms with Crippen LogP contribution in [0.3, 0.4) is 0 Å². The molecule has 0 aliphatic heterocycles. The van der Waals surface area contributed by atoms with Crippen molar-refractivity contribution >= 4 is 5.91 Å². The van der Waals surface area contributed by atoms with Gasteiger partial charge in [-0.1, -0.05) is 18.6 Å². The van der Waals surface area contributed by atoms with Crippen LogP contribution >= 0.6 is 0 Å². The summed E-state index contributed by atoms with van der Waals surface area (Å²) in [4.78, 5) is 12.0. The fourth-order valence-electron chi connectivity index (χ4n) is 2.62. The molecule has 1 aliphatic carbocycles. The Morgan fingerprint density at radius 1 is 1.53 bits per heavy atom. The SMILES string of the molecule is C[C@H](NC(=O)CC1(CN)CCC1)c1cccc(F)c1. The lowest BCUT2D eigenvalue weighted by Gasteiger charge is -2.40. The molecule has 2 rings (SSSR count). The largest absolute Gasteiger partial charge is 0.350 e. The van der Waals surface area contributed by atoms with Gasteiger partial charge in [-0.15, -0.1) is 0 Å². The van der Waals surface area contributed by atoms with E-state index >= 15 is 0 Å². The van der Waals surface area contributed by atoms with E-state index in [0.29, 0.717) is 13.0 Å². The van der Waals surface area contributed by atoms with Crippen molar-refractivity contribution in [3.63, 3.8) is 0 Å². The van der Waals surface area contributed by atoms with E-state index in [1.54, 1.807) is 6.07 Å². The van der Waals surface area contributed by atoms with Gasteiger partial charge in [-0.2, -0.15) is 0 Å². The molecule has 1 aliphatic rings. The molecule has 104 valence electrons. The minimum absolute atomic E-state index is 0.00177. The van der Waals surface area contributed by atoms with Gasteiger partial charge in [-0.05, 0) is 49.4 Å². The molecule has 3 N–H and O–H groups in total. The topological polar surface area (TPSA) is 55.1 Å². The molecule has 0 bridgehead atoms. The zero-order valence-electron chi connectivity index (χ0n) is 11.3. The smallest absolute Gasteiger partial charge is 0.221 e. The zero-order chi connectivity index (χ0) is 13.9. The predicted molar refractivity (Wildman–Crippen MR) is 72.9 cm³/mol. The van der Waals surface area contributed by atoms with E-state index in [0.717, 1.165) is 24.8 Å². The predicted octanol–water partition coefficient (Wildman–Crippen LogP) is 2.52. The van der Waals surface area contributed by atoms with Crippen LogP contribution in [0.25, 0.3) is 0 Å². The number of amides is 1. The van der Waals surface area contributed by atoms with Gasteiger partial charge < -0.3 is 11.1 Å². The van der Waals surface area contributed by atoms with Gasteiger partial charge in [0.1, 0.15) is 5.82 Å². The molecular weight excluding hydrogens is 243 g/mol. The fraction of sp³-hybridized carbons (Fsp3) is 0.533. The Morgan fingerprint density at radius 3 is 2.79 bits per heavy atom. The van der Waals surface area contributed by atoms with E-state index in [4.69, 9.17) is 5.73 Å². The summed E-state index contributed by atoms with van der Waals surface area (Å²) < 4.78 is 13.1. The van der Waals surface area contributed by atoms with Gasteiger partial charge in [0.15, 0.2) is 0 Å². The molecule has 1 atom stereocenters. The van der Waals surface area contributed by atoms with Crippen molar-refractivity contribution in [2.45, 2.75) is 38.6 Å². The number of carbonyl (C=O) groups is 1. The standard InChI is InChI=1S/C15H21FN2O/c1-11(12-4-2-5-13(16)8-12)18-14(19)9-15(10-17)6-3-7-15/h2,4-5,8,11H,3,6-7,9-10,17H2,1H3,(H,18,19)/t11-/m0/s1. The van der Waals surface area contributed by atoms with Gasteiger partial charge in [0.05, 0.1) is 6.04 Å². The Bertz CT molecular complexity index is 452. The number of hydrogen-bond donors (Lipinski definition) is 2. The Morgan fingerprint density at radius 2 is 2.26 bits per heavy atom. The summed E-state index contributed by atoms with van der Waals surface area (Å²) in [5.74, 6) is -0.280. The second kappa shape index (κ2) is 5.70. The van der Waals surface area contributed by atoms with Crippen LogP contribution in [0.2, 0.25) is 0 Å². The Kier molecular flexibility index (Phi) is 4.20. The van der Waals surface area contributed by atoms with Crippen LogP contribution in [0.15, 0.2) is 24.3 Å². The molecule has 1 aromatic carbocycles. The minimum Gasteiger partial charge on any atom is -0.350 e. The first-order valence-electron chi connectivity index (χ1n) is 6.80. The van der Waals surface area contributed by atoms with Crippen LogP contribution in [0.1, 0.15) is 44.2 Å². The molecule has 4 heteroatoms. The molecule has 1 fully saturated rings. The summed E-state index contributed by atoms with van der Waals surface area (Å²) in [6.07, 6.45) is 3.70. The molecule has 1 amide bonds. The summed E-state index contributed by atoms with van der Waals surface area (Å²) in [7, 11) is 0. The number of rotatable bonds is 5. The van der Waals surface area contributed by atoms with Crippen LogP contribution in [-0.4, -0.2) is 12.5 Å². The number of hydrogen-bond acceptors (Lipinski definition) is 2. The number of halogens is 1. The van der Waals surface area contributed by atoms with Crippen LogP contribution in [-0.2, 0) is 4.79 Å². The summed E-state index contributed by atoms with van der Waals surface area (Å²) in [6.45, 7) is 2.43. The third kappa shape index (κ3) is 3.32. The normalized spacial score (nSPS) is 18.5. The van der Waals surface area contributed by atoms with Gasteiger partial charge in [0.25, 0.3) is 0 Å². The van der Waals surface area contributed by atoms with E-state index in [2.05, 4.69) is 5.32 Å². The van der Waals surface area contributed by atoms with E-state index in [9.17, 15) is 9.18 Å². The highest BCUT2D eigenvalue weighted by Gasteiger charge is 2.37. The van der Waals surface area contributed by atoms with Crippen LogP contribution in [0.4, 0.5) is 4.39 Å². The van der Waals surface area contributed by atoms with Crippen LogP contribution in [0, 0.1) is 11.2 Å². The monoisotopic (exact) mass is 264 g/mol.